The number of nitrogens with one attached hydrogen (secondary N) is 2. The van der Waals surface area contributed by atoms with Gasteiger partial charge in [0.2, 0.25) is 5.91 Å². The van der Waals surface area contributed by atoms with Crippen LogP contribution in [0.5, 0.6) is 0 Å². The molecule has 0 saturated carbocycles. The first-order valence-corrected chi connectivity index (χ1v) is 13.3. The third-order valence-electron chi connectivity index (χ3n) is 5.36. The van der Waals surface area contributed by atoms with E-state index in [9.17, 15) is 19.5 Å². The van der Waals surface area contributed by atoms with Crippen LogP contribution in [0.25, 0.3) is 0 Å². The second-order valence-electron chi connectivity index (χ2n) is 8.97. The number of anilines is 1. The number of carboxylic acids is 1. The van der Waals surface area contributed by atoms with Gasteiger partial charge in [0.05, 0.1) is 12.2 Å². The van der Waals surface area contributed by atoms with Crippen LogP contribution in [0.15, 0.2) is 59.2 Å². The van der Waals surface area contributed by atoms with Crippen molar-refractivity contribution in [3.63, 3.8) is 0 Å². The van der Waals surface area contributed by atoms with Gasteiger partial charge in [-0.15, -0.1) is 5.23 Å². The highest BCUT2D eigenvalue weighted by molar-refractivity contribution is 7.99. The third kappa shape index (κ3) is 14.3. The molecule has 0 bridgehead atoms. The van der Waals surface area contributed by atoms with Crippen LogP contribution in [0.3, 0.4) is 0 Å². The maximum absolute atomic E-state index is 12.2. The summed E-state index contributed by atoms with van der Waals surface area (Å²) in [7, 11) is 0. The van der Waals surface area contributed by atoms with Gasteiger partial charge in [-0.25, -0.2) is 4.79 Å². The average Bonchev–Trinajstić information content (AvgIpc) is 2.84. The molecule has 0 radical (unpaired) electrons. The van der Waals surface area contributed by atoms with Crippen molar-refractivity contribution in [1.29, 1.82) is 0 Å². The van der Waals surface area contributed by atoms with E-state index in [-0.39, 0.29) is 28.8 Å². The van der Waals surface area contributed by atoms with Crippen LogP contribution < -0.4 is 15.9 Å². The fourth-order valence-electron chi connectivity index (χ4n) is 3.15. The summed E-state index contributed by atoms with van der Waals surface area (Å²) in [5, 5.41) is 32.1. The van der Waals surface area contributed by atoms with E-state index in [0.29, 0.717) is 5.75 Å². The molecular weight excluding hydrogens is 494 g/mol. The van der Waals surface area contributed by atoms with Crippen LogP contribution in [0.1, 0.15) is 63.7 Å². The summed E-state index contributed by atoms with van der Waals surface area (Å²) in [6.07, 6.45) is 10.6. The lowest BCUT2D eigenvalue weighted by molar-refractivity contribution is -0.140. The molecule has 10 heteroatoms. The minimum Gasteiger partial charge on any atom is -0.480 e. The minimum absolute atomic E-state index is 0.0683. The lowest BCUT2D eigenvalue weighted by Gasteiger charge is -2.14. The van der Waals surface area contributed by atoms with Gasteiger partial charge in [0.15, 0.2) is 0 Å². The summed E-state index contributed by atoms with van der Waals surface area (Å²) >= 11 is 1.41. The zero-order valence-electron chi connectivity index (χ0n) is 22.0. The number of amides is 2. The van der Waals surface area contributed by atoms with Crippen molar-refractivity contribution in [3.8, 4) is 0 Å². The van der Waals surface area contributed by atoms with Gasteiger partial charge < -0.3 is 15.7 Å². The predicted molar refractivity (Wildman–Crippen MR) is 147 cm³/mol. The molecule has 0 aliphatic heterocycles. The summed E-state index contributed by atoms with van der Waals surface area (Å²) in [6.45, 7) is 8.03. The fourth-order valence-corrected chi connectivity index (χ4v) is 4.15. The lowest BCUT2D eigenvalue weighted by Crippen LogP contribution is -2.46. The van der Waals surface area contributed by atoms with Crippen molar-refractivity contribution in [1.82, 2.24) is 10.6 Å². The molecule has 0 fully saturated rings. The van der Waals surface area contributed by atoms with Gasteiger partial charge in [-0.3, -0.25) is 20.0 Å². The summed E-state index contributed by atoms with van der Waals surface area (Å²) in [4.78, 5) is 35.8. The molecule has 1 aromatic carbocycles. The predicted octanol–water partition coefficient (Wildman–Crippen LogP) is 4.72. The van der Waals surface area contributed by atoms with Gasteiger partial charge in [0, 0.05) is 17.1 Å². The highest BCUT2D eigenvalue weighted by Gasteiger charge is 2.20. The Morgan fingerprint density at radius 2 is 1.54 bits per heavy atom. The van der Waals surface area contributed by atoms with Crippen molar-refractivity contribution in [3.05, 3.63) is 64.8 Å². The lowest BCUT2D eigenvalue weighted by atomic mass is 10.1. The van der Waals surface area contributed by atoms with Crippen molar-refractivity contribution in [2.75, 3.05) is 23.3 Å². The van der Waals surface area contributed by atoms with Gasteiger partial charge in [-0.2, -0.15) is 11.8 Å². The molecule has 2 amide bonds. The number of nitrogens with zero attached hydrogens (tertiary/aromatic N) is 1. The van der Waals surface area contributed by atoms with Gasteiger partial charge in [-0.05, 0) is 77.6 Å². The van der Waals surface area contributed by atoms with Crippen LogP contribution in [0.4, 0.5) is 5.69 Å². The number of aliphatic carboxylic acids is 1. The summed E-state index contributed by atoms with van der Waals surface area (Å²) in [5.74, 6) is -1.48. The number of carboxylic acid groups (broad SMARTS) is 1. The molecule has 0 unspecified atom stereocenters. The number of hydrogen-bond donors (Lipinski definition) is 5. The Labute approximate surface area is 223 Å². The quantitative estimate of drug-likeness (QED) is 0.117. The molecule has 1 rings (SSSR count). The summed E-state index contributed by atoms with van der Waals surface area (Å²) in [5.41, 5.74) is 4.23. The molecular formula is C27H39N3O6S. The normalized spacial score (nSPS) is 12.5. The standard InChI is InChI=1S/C27H39N3O6S/c1-19(2)7-5-8-20(3)9-6-10-21(4)15-16-37-18-24(27(33)34)29-25(31)17-28-26(32)22-11-13-23(14-12-22)30(35)36/h7,9,11-15,24,35-36H,5-6,8,10,16-18H2,1-4H3,(H,28,32)(H,29,31)(H,33,34)/b20-9+,21-15+/t24-/m0/s1. The first-order chi connectivity index (χ1) is 17.5. The molecule has 1 atom stereocenters. The molecule has 37 heavy (non-hydrogen) atoms. The Bertz CT molecular complexity index is 982. The highest BCUT2D eigenvalue weighted by atomic mass is 32.2. The van der Waals surface area contributed by atoms with Crippen molar-refractivity contribution >= 4 is 35.2 Å². The minimum atomic E-state index is -1.14. The maximum atomic E-state index is 12.2. The Kier molecular flexibility index (Phi) is 15.0. The van der Waals surface area contributed by atoms with E-state index < -0.39 is 23.8 Å². The van der Waals surface area contributed by atoms with E-state index in [1.165, 1.54) is 52.7 Å². The van der Waals surface area contributed by atoms with E-state index in [0.717, 1.165) is 25.7 Å². The van der Waals surface area contributed by atoms with Crippen LogP contribution in [0, 0.1) is 0 Å². The molecule has 0 aliphatic carbocycles. The van der Waals surface area contributed by atoms with E-state index in [1.807, 2.05) is 0 Å². The van der Waals surface area contributed by atoms with Gasteiger partial charge in [0.1, 0.15) is 6.04 Å². The van der Waals surface area contributed by atoms with E-state index in [2.05, 4.69) is 56.6 Å². The van der Waals surface area contributed by atoms with Crippen LogP contribution in [-0.2, 0) is 9.59 Å². The number of rotatable bonds is 16. The van der Waals surface area contributed by atoms with Crippen LogP contribution >= 0.6 is 11.8 Å². The molecule has 0 aliphatic rings. The van der Waals surface area contributed by atoms with Gasteiger partial charge >= 0.3 is 5.97 Å². The third-order valence-corrected chi connectivity index (χ3v) is 6.33. The number of hydrogen-bond acceptors (Lipinski definition) is 7. The number of carbonyl (C=O) groups is 3. The molecule has 9 nitrogen and oxygen atoms in total. The average molecular weight is 534 g/mol. The monoisotopic (exact) mass is 533 g/mol. The topological polar surface area (TPSA) is 139 Å². The second kappa shape index (κ2) is 17.4. The SMILES string of the molecule is CC(C)=CCC/C(C)=C/CC/C(C)=C/CSC[C@H](NC(=O)CNC(=O)c1ccc(N(O)O)cc1)C(=O)O. The van der Waals surface area contributed by atoms with Crippen molar-refractivity contribution < 1.29 is 29.9 Å². The van der Waals surface area contributed by atoms with Crippen molar-refractivity contribution in [2.45, 2.75) is 59.4 Å². The number of carbonyl (C=O) groups excluding carboxylic acids is 2. The van der Waals surface area contributed by atoms with E-state index in [1.54, 1.807) is 0 Å². The largest absolute Gasteiger partial charge is 0.480 e. The smallest absolute Gasteiger partial charge is 0.327 e. The van der Waals surface area contributed by atoms with Crippen LogP contribution in [0.2, 0.25) is 0 Å². The molecule has 0 spiro atoms. The Morgan fingerprint density at radius 3 is 2.11 bits per heavy atom. The van der Waals surface area contributed by atoms with Crippen molar-refractivity contribution in [2.24, 2.45) is 0 Å². The molecule has 5 N–H and O–H groups in total. The Balaban J connectivity index is 2.38. The highest BCUT2D eigenvalue weighted by Crippen LogP contribution is 2.14. The zero-order chi connectivity index (χ0) is 27.8. The number of allylic oxidation sites excluding steroid dienone is 5. The number of benzene rings is 1. The maximum Gasteiger partial charge on any atom is 0.327 e. The summed E-state index contributed by atoms with van der Waals surface area (Å²) in [6, 6.07) is 4.27. The molecule has 0 aromatic heterocycles. The molecule has 0 saturated heterocycles. The first-order valence-electron chi connectivity index (χ1n) is 12.1. The molecule has 1 aromatic rings. The van der Waals surface area contributed by atoms with Crippen LogP contribution in [-0.4, -0.2) is 57.4 Å². The fraction of sp³-hybridized carbons (Fsp3) is 0.444. The Hall–Kier alpha value is -3.08. The molecule has 204 valence electrons. The summed E-state index contributed by atoms with van der Waals surface area (Å²) < 4.78 is 0. The first kappa shape index (κ1) is 31.9. The zero-order valence-corrected chi connectivity index (χ0v) is 22.8. The van der Waals surface area contributed by atoms with E-state index >= 15 is 0 Å². The Morgan fingerprint density at radius 1 is 0.946 bits per heavy atom. The molecule has 0 heterocycles. The van der Waals surface area contributed by atoms with Gasteiger partial charge in [0.25, 0.3) is 5.91 Å². The second-order valence-corrected chi connectivity index (χ2v) is 10.0. The number of thioether (sulfide) groups is 1. The van der Waals surface area contributed by atoms with Gasteiger partial charge in [-0.1, -0.05) is 34.9 Å². The van der Waals surface area contributed by atoms with E-state index in [4.69, 9.17) is 10.4 Å².